The smallest absolute Gasteiger partial charge is 0.237 e. The van der Waals surface area contributed by atoms with Crippen LogP contribution in [0.4, 0.5) is 0 Å². The van der Waals surface area contributed by atoms with Crippen LogP contribution in [0, 0.1) is 0 Å². The lowest BCUT2D eigenvalue weighted by Gasteiger charge is -2.28. The number of benzene rings is 2. The number of amides is 2. The van der Waals surface area contributed by atoms with E-state index in [9.17, 15) is 9.59 Å². The Kier molecular flexibility index (Phi) is 4.03. The van der Waals surface area contributed by atoms with E-state index in [0.717, 1.165) is 16.3 Å². The Balaban J connectivity index is 2.46. The summed E-state index contributed by atoms with van der Waals surface area (Å²) >= 11 is 0. The molecule has 0 heterocycles. The molecule has 2 aromatic rings. The van der Waals surface area contributed by atoms with Gasteiger partial charge in [-0.25, -0.2) is 0 Å². The van der Waals surface area contributed by atoms with Gasteiger partial charge in [0.1, 0.15) is 0 Å². The van der Waals surface area contributed by atoms with Gasteiger partial charge in [0, 0.05) is 6.92 Å². The molecular formula is C16H18N2O2. The Hall–Kier alpha value is -2.36. The molecule has 0 aliphatic rings. The second-order valence-corrected chi connectivity index (χ2v) is 4.86. The Morgan fingerprint density at radius 3 is 2.45 bits per heavy atom. The topological polar surface area (TPSA) is 63.4 Å². The van der Waals surface area contributed by atoms with Crippen LogP contribution in [-0.2, 0) is 9.59 Å². The van der Waals surface area contributed by atoms with Gasteiger partial charge >= 0.3 is 0 Å². The molecule has 4 nitrogen and oxygen atoms in total. The van der Waals surface area contributed by atoms with Gasteiger partial charge in [-0.15, -0.1) is 0 Å². The quantitative estimate of drug-likeness (QED) is 0.926. The molecule has 0 aliphatic heterocycles. The molecule has 0 saturated heterocycles. The molecule has 104 valence electrons. The first-order chi connectivity index (χ1) is 9.50. The Labute approximate surface area is 118 Å². The number of carbonyl (C=O) groups excluding carboxylic acids is 2. The molecule has 2 amide bonds. The predicted molar refractivity (Wildman–Crippen MR) is 78.9 cm³/mol. The fourth-order valence-corrected chi connectivity index (χ4v) is 2.47. The first-order valence-corrected chi connectivity index (χ1v) is 6.54. The minimum Gasteiger partial charge on any atom is -0.368 e. The average Bonchev–Trinajstić information content (AvgIpc) is 2.43. The number of hydrogen-bond acceptors (Lipinski definition) is 2. The molecule has 0 aliphatic carbocycles. The van der Waals surface area contributed by atoms with E-state index in [-0.39, 0.29) is 18.5 Å². The van der Waals surface area contributed by atoms with Gasteiger partial charge in [0.2, 0.25) is 11.8 Å². The van der Waals surface area contributed by atoms with Crippen LogP contribution in [-0.4, -0.2) is 23.3 Å². The van der Waals surface area contributed by atoms with Gasteiger partial charge in [0.15, 0.2) is 0 Å². The van der Waals surface area contributed by atoms with Crippen molar-refractivity contribution in [1.82, 2.24) is 4.90 Å². The van der Waals surface area contributed by atoms with Gasteiger partial charge in [-0.1, -0.05) is 42.5 Å². The normalized spacial score (nSPS) is 12.1. The van der Waals surface area contributed by atoms with Gasteiger partial charge in [-0.2, -0.15) is 0 Å². The number of nitrogens with two attached hydrogens (primary N) is 1. The van der Waals surface area contributed by atoms with E-state index in [1.54, 1.807) is 0 Å². The third-order valence-electron chi connectivity index (χ3n) is 3.47. The first-order valence-electron chi connectivity index (χ1n) is 6.54. The summed E-state index contributed by atoms with van der Waals surface area (Å²) < 4.78 is 0. The van der Waals surface area contributed by atoms with Gasteiger partial charge < -0.3 is 10.6 Å². The summed E-state index contributed by atoms with van der Waals surface area (Å²) in [6.45, 7) is 3.29. The number of fused-ring (bicyclic) bond motifs is 1. The van der Waals surface area contributed by atoms with E-state index in [1.807, 2.05) is 49.4 Å². The lowest BCUT2D eigenvalue weighted by atomic mass is 9.98. The third kappa shape index (κ3) is 2.79. The standard InChI is InChI=1S/C16H18N2O2/c1-11(18(12(2)19)10-16(17)20)14-9-5-7-13-6-3-4-8-15(13)14/h3-9,11H,10H2,1-2H3,(H2,17,20)/t11-/m0/s1. The van der Waals surface area contributed by atoms with E-state index in [4.69, 9.17) is 5.73 Å². The van der Waals surface area contributed by atoms with Crippen LogP contribution in [0.2, 0.25) is 0 Å². The molecule has 0 radical (unpaired) electrons. The summed E-state index contributed by atoms with van der Waals surface area (Å²) in [5.74, 6) is -0.670. The summed E-state index contributed by atoms with van der Waals surface area (Å²) in [6, 6.07) is 13.7. The maximum absolute atomic E-state index is 11.7. The molecule has 0 saturated carbocycles. The molecule has 0 aromatic heterocycles. The summed E-state index contributed by atoms with van der Waals surface area (Å²) in [7, 11) is 0. The molecule has 4 heteroatoms. The fraction of sp³-hybridized carbons (Fsp3) is 0.250. The Morgan fingerprint density at radius 2 is 1.80 bits per heavy atom. The number of primary amides is 1. The lowest BCUT2D eigenvalue weighted by molar-refractivity contribution is -0.135. The van der Waals surface area contributed by atoms with Gasteiger partial charge in [0.05, 0.1) is 12.6 Å². The maximum atomic E-state index is 11.7. The highest BCUT2D eigenvalue weighted by Crippen LogP contribution is 2.27. The van der Waals surface area contributed by atoms with Crippen LogP contribution in [0.25, 0.3) is 10.8 Å². The fourth-order valence-electron chi connectivity index (χ4n) is 2.47. The number of nitrogens with zero attached hydrogens (tertiary/aromatic N) is 1. The average molecular weight is 270 g/mol. The molecule has 2 aromatic carbocycles. The van der Waals surface area contributed by atoms with Crippen LogP contribution in [0.15, 0.2) is 42.5 Å². The third-order valence-corrected chi connectivity index (χ3v) is 3.47. The zero-order valence-corrected chi connectivity index (χ0v) is 11.7. The van der Waals surface area contributed by atoms with Crippen LogP contribution >= 0.6 is 0 Å². The highest BCUT2D eigenvalue weighted by molar-refractivity contribution is 5.87. The predicted octanol–water partition coefficient (Wildman–Crippen LogP) is 2.23. The van der Waals surface area contributed by atoms with Crippen LogP contribution in [0.5, 0.6) is 0 Å². The number of carbonyl (C=O) groups is 2. The van der Waals surface area contributed by atoms with Gasteiger partial charge in [0.25, 0.3) is 0 Å². The van der Waals surface area contributed by atoms with E-state index in [1.165, 1.54) is 11.8 Å². The van der Waals surface area contributed by atoms with Crippen molar-refractivity contribution in [2.24, 2.45) is 5.73 Å². The summed E-state index contributed by atoms with van der Waals surface area (Å²) in [6.07, 6.45) is 0. The second kappa shape index (κ2) is 5.74. The van der Waals surface area contributed by atoms with Crippen molar-refractivity contribution in [2.75, 3.05) is 6.54 Å². The molecule has 0 bridgehead atoms. The largest absolute Gasteiger partial charge is 0.368 e. The zero-order chi connectivity index (χ0) is 14.7. The minimum atomic E-state index is -0.507. The van der Waals surface area contributed by atoms with Crippen LogP contribution < -0.4 is 5.73 Å². The molecule has 0 fully saturated rings. The molecule has 2 N–H and O–H groups in total. The summed E-state index contributed by atoms with van der Waals surface area (Å²) in [5, 5.41) is 2.19. The number of rotatable bonds is 4. The van der Waals surface area contributed by atoms with E-state index >= 15 is 0 Å². The highest BCUT2D eigenvalue weighted by atomic mass is 16.2. The second-order valence-electron chi connectivity index (χ2n) is 4.86. The van der Waals surface area contributed by atoms with Crippen molar-refractivity contribution < 1.29 is 9.59 Å². The summed E-state index contributed by atoms with van der Waals surface area (Å²) in [5.41, 5.74) is 6.24. The maximum Gasteiger partial charge on any atom is 0.237 e. The molecule has 0 spiro atoms. The van der Waals surface area contributed by atoms with Gasteiger partial charge in [-0.3, -0.25) is 9.59 Å². The zero-order valence-electron chi connectivity index (χ0n) is 11.7. The Bertz CT molecular complexity index is 646. The minimum absolute atomic E-state index is 0.0697. The van der Waals surface area contributed by atoms with E-state index in [0.29, 0.717) is 0 Å². The van der Waals surface area contributed by atoms with Crippen LogP contribution in [0.3, 0.4) is 0 Å². The van der Waals surface area contributed by atoms with Crippen molar-refractivity contribution in [1.29, 1.82) is 0 Å². The highest BCUT2D eigenvalue weighted by Gasteiger charge is 2.21. The Morgan fingerprint density at radius 1 is 1.15 bits per heavy atom. The monoisotopic (exact) mass is 270 g/mol. The number of hydrogen-bond donors (Lipinski definition) is 1. The molecule has 0 unspecified atom stereocenters. The molecular weight excluding hydrogens is 252 g/mol. The molecule has 2 rings (SSSR count). The molecule has 20 heavy (non-hydrogen) atoms. The lowest BCUT2D eigenvalue weighted by Crippen LogP contribution is -2.38. The van der Waals surface area contributed by atoms with Crippen molar-refractivity contribution in [3.05, 3.63) is 48.0 Å². The van der Waals surface area contributed by atoms with E-state index < -0.39 is 5.91 Å². The van der Waals surface area contributed by atoms with Crippen LogP contribution in [0.1, 0.15) is 25.5 Å². The summed E-state index contributed by atoms with van der Waals surface area (Å²) in [4.78, 5) is 24.4. The van der Waals surface area contributed by atoms with Crippen molar-refractivity contribution in [2.45, 2.75) is 19.9 Å². The van der Waals surface area contributed by atoms with E-state index in [2.05, 4.69) is 0 Å². The van der Waals surface area contributed by atoms with Crippen molar-refractivity contribution >= 4 is 22.6 Å². The van der Waals surface area contributed by atoms with Gasteiger partial charge in [-0.05, 0) is 23.3 Å². The SMILES string of the molecule is CC(=O)N(CC(N)=O)[C@@H](C)c1cccc2ccccc12. The first kappa shape index (κ1) is 14.1. The van der Waals surface area contributed by atoms with Crippen molar-refractivity contribution in [3.8, 4) is 0 Å². The van der Waals surface area contributed by atoms with Crippen molar-refractivity contribution in [3.63, 3.8) is 0 Å². The molecule has 1 atom stereocenters.